The number of carbonyl (C=O) groups is 2. The third-order valence-electron chi connectivity index (χ3n) is 4.85. The Kier molecular flexibility index (Phi) is 6.89. The van der Waals surface area contributed by atoms with Crippen LogP contribution in [0, 0.1) is 11.7 Å². The lowest BCUT2D eigenvalue weighted by molar-refractivity contribution is -0.125. The van der Waals surface area contributed by atoms with Gasteiger partial charge in [-0.3, -0.25) is 14.9 Å². The van der Waals surface area contributed by atoms with Crippen molar-refractivity contribution in [1.82, 2.24) is 20.9 Å². The molecule has 1 saturated heterocycles. The van der Waals surface area contributed by atoms with E-state index >= 15 is 4.39 Å². The van der Waals surface area contributed by atoms with Gasteiger partial charge in [0.05, 0.1) is 23.9 Å². The molecule has 0 saturated carbocycles. The summed E-state index contributed by atoms with van der Waals surface area (Å²) in [5.74, 6) is -0.815. The van der Waals surface area contributed by atoms with E-state index in [1.807, 2.05) is 0 Å². The zero-order valence-electron chi connectivity index (χ0n) is 17.0. The highest BCUT2D eigenvalue weighted by molar-refractivity contribution is 6.31. The second-order valence-electron chi connectivity index (χ2n) is 7.34. The normalized spacial score (nSPS) is 18.8. The van der Waals surface area contributed by atoms with E-state index in [1.54, 1.807) is 38.1 Å². The summed E-state index contributed by atoms with van der Waals surface area (Å²) in [5.41, 5.74) is 1.00. The van der Waals surface area contributed by atoms with E-state index in [4.69, 9.17) is 16.3 Å². The zero-order chi connectivity index (χ0) is 21.8. The Morgan fingerprint density at radius 2 is 2.13 bits per heavy atom. The molecule has 0 bridgehead atoms. The summed E-state index contributed by atoms with van der Waals surface area (Å²) in [4.78, 5) is 28.5. The van der Waals surface area contributed by atoms with Crippen LogP contribution in [0.25, 0.3) is 0 Å². The lowest BCUT2D eigenvalue weighted by atomic mass is 10.0. The van der Waals surface area contributed by atoms with Gasteiger partial charge in [0, 0.05) is 36.1 Å². The molecule has 1 fully saturated rings. The number of methoxy groups -OCH3 is 1. The second-order valence-corrected chi connectivity index (χ2v) is 7.74. The van der Waals surface area contributed by atoms with Crippen molar-refractivity contribution in [2.75, 3.05) is 7.11 Å². The van der Waals surface area contributed by atoms with Gasteiger partial charge in [-0.15, -0.1) is 0 Å². The van der Waals surface area contributed by atoms with Crippen LogP contribution < -0.4 is 20.7 Å². The molecule has 0 spiro atoms. The molecule has 1 aliphatic rings. The summed E-state index contributed by atoms with van der Waals surface area (Å²) in [7, 11) is 1.51. The first kappa shape index (κ1) is 22.0. The molecule has 0 radical (unpaired) electrons. The van der Waals surface area contributed by atoms with Gasteiger partial charge >= 0.3 is 0 Å². The molecule has 2 heterocycles. The number of nitrogens with zero attached hydrogens (tertiary/aromatic N) is 1. The van der Waals surface area contributed by atoms with Crippen LogP contribution in [0.3, 0.4) is 0 Å². The number of hydrogen-bond acceptors (Lipinski definition) is 5. The van der Waals surface area contributed by atoms with Gasteiger partial charge in [-0.05, 0) is 12.1 Å². The van der Waals surface area contributed by atoms with E-state index in [0.717, 1.165) is 0 Å². The third-order valence-corrected chi connectivity index (χ3v) is 5.18. The average molecular weight is 435 g/mol. The third kappa shape index (κ3) is 4.88. The molecule has 30 heavy (non-hydrogen) atoms. The standard InChI is InChI=1S/C21H24ClFN4O3/c1-11(2)21(29)24-10-12-7-8-13(22)18(19(12)23)20-26-15(9-16(28)27-20)14-5-4-6-17(25-14)30-3/h4-8,11,15,20,26H,9-10H2,1-3H3,(H,24,29)(H,27,28). The van der Waals surface area contributed by atoms with E-state index in [0.29, 0.717) is 11.6 Å². The molecule has 2 atom stereocenters. The number of aromatic nitrogens is 1. The van der Waals surface area contributed by atoms with Gasteiger partial charge in [0.2, 0.25) is 17.7 Å². The molecule has 1 aliphatic heterocycles. The quantitative estimate of drug-likeness (QED) is 0.650. The highest BCUT2D eigenvalue weighted by atomic mass is 35.5. The van der Waals surface area contributed by atoms with Crippen molar-refractivity contribution in [2.45, 2.75) is 39.0 Å². The first-order chi connectivity index (χ1) is 14.3. The maximum atomic E-state index is 15.3. The zero-order valence-corrected chi connectivity index (χ0v) is 17.7. The lowest BCUT2D eigenvalue weighted by Gasteiger charge is -2.32. The van der Waals surface area contributed by atoms with Crippen molar-refractivity contribution >= 4 is 23.4 Å². The molecule has 3 rings (SSSR count). The number of nitrogens with one attached hydrogen (secondary N) is 3. The number of carbonyl (C=O) groups excluding carboxylic acids is 2. The number of pyridine rings is 1. The first-order valence-corrected chi connectivity index (χ1v) is 9.98. The molecule has 1 aromatic heterocycles. The van der Waals surface area contributed by atoms with Gasteiger partial charge in [0.15, 0.2) is 0 Å². The fraction of sp³-hybridized carbons (Fsp3) is 0.381. The molecule has 2 unspecified atom stereocenters. The highest BCUT2D eigenvalue weighted by Gasteiger charge is 2.32. The van der Waals surface area contributed by atoms with Crippen molar-refractivity contribution in [3.63, 3.8) is 0 Å². The van der Waals surface area contributed by atoms with Crippen molar-refractivity contribution < 1.29 is 18.7 Å². The van der Waals surface area contributed by atoms with Gasteiger partial charge in [-0.2, -0.15) is 0 Å². The molecule has 160 valence electrons. The van der Waals surface area contributed by atoms with Crippen LogP contribution in [0.5, 0.6) is 5.88 Å². The second kappa shape index (κ2) is 9.40. The Balaban J connectivity index is 1.87. The van der Waals surface area contributed by atoms with E-state index in [2.05, 4.69) is 20.9 Å². The molecular formula is C21H24ClFN4O3. The molecule has 0 aliphatic carbocycles. The number of ether oxygens (including phenoxy) is 1. The molecule has 9 heteroatoms. The average Bonchev–Trinajstić information content (AvgIpc) is 2.72. The molecule has 1 aromatic carbocycles. The monoisotopic (exact) mass is 434 g/mol. The number of amides is 2. The SMILES string of the molecule is COc1cccc(C2CC(=O)NC(c3c(Cl)ccc(CNC(=O)C(C)C)c3F)N2)n1. The highest BCUT2D eigenvalue weighted by Crippen LogP contribution is 2.32. The van der Waals surface area contributed by atoms with Crippen molar-refractivity contribution in [3.8, 4) is 5.88 Å². The fourth-order valence-corrected chi connectivity index (χ4v) is 3.45. The summed E-state index contributed by atoms with van der Waals surface area (Å²) in [6, 6.07) is 7.88. The van der Waals surface area contributed by atoms with Gasteiger partial charge in [0.1, 0.15) is 12.0 Å². The lowest BCUT2D eigenvalue weighted by Crippen LogP contribution is -2.47. The van der Waals surface area contributed by atoms with Gasteiger partial charge in [-0.1, -0.05) is 37.6 Å². The molecule has 2 amide bonds. The molecule has 2 aromatic rings. The molecular weight excluding hydrogens is 411 g/mol. The van der Waals surface area contributed by atoms with Gasteiger partial charge in [0.25, 0.3) is 0 Å². The Morgan fingerprint density at radius 3 is 2.83 bits per heavy atom. The van der Waals surface area contributed by atoms with Crippen molar-refractivity contribution in [3.05, 3.63) is 58.0 Å². The minimum absolute atomic E-state index is 0.0224. The maximum Gasteiger partial charge on any atom is 0.223 e. The van der Waals surface area contributed by atoms with Gasteiger partial charge in [-0.25, -0.2) is 9.37 Å². The summed E-state index contributed by atoms with van der Waals surface area (Å²) < 4.78 is 20.4. The van der Waals surface area contributed by atoms with Crippen LogP contribution >= 0.6 is 11.6 Å². The smallest absolute Gasteiger partial charge is 0.223 e. The number of rotatable bonds is 6. The minimum atomic E-state index is -0.850. The van der Waals surface area contributed by atoms with Crippen LogP contribution in [-0.2, 0) is 16.1 Å². The van der Waals surface area contributed by atoms with E-state index in [-0.39, 0.29) is 46.8 Å². The first-order valence-electron chi connectivity index (χ1n) is 9.61. The van der Waals surface area contributed by atoms with Crippen LogP contribution in [0.15, 0.2) is 30.3 Å². The van der Waals surface area contributed by atoms with Crippen LogP contribution in [0.2, 0.25) is 5.02 Å². The Bertz CT molecular complexity index is 954. The fourth-order valence-electron chi connectivity index (χ4n) is 3.19. The number of halogens is 2. The van der Waals surface area contributed by atoms with Crippen LogP contribution in [-0.4, -0.2) is 23.9 Å². The van der Waals surface area contributed by atoms with Crippen LogP contribution in [0.4, 0.5) is 4.39 Å². The van der Waals surface area contributed by atoms with Gasteiger partial charge < -0.3 is 15.4 Å². The van der Waals surface area contributed by atoms with E-state index < -0.39 is 18.0 Å². The predicted octanol–water partition coefficient (Wildman–Crippen LogP) is 3.00. The minimum Gasteiger partial charge on any atom is -0.481 e. The Hall–Kier alpha value is -2.71. The summed E-state index contributed by atoms with van der Waals surface area (Å²) in [6.07, 6.45) is -0.711. The summed E-state index contributed by atoms with van der Waals surface area (Å²) in [6.45, 7) is 3.54. The van der Waals surface area contributed by atoms with E-state index in [1.165, 1.54) is 13.2 Å². The summed E-state index contributed by atoms with van der Waals surface area (Å²) in [5, 5.41) is 8.79. The molecule has 7 nitrogen and oxygen atoms in total. The summed E-state index contributed by atoms with van der Waals surface area (Å²) >= 11 is 6.28. The topological polar surface area (TPSA) is 92.4 Å². The van der Waals surface area contributed by atoms with Crippen molar-refractivity contribution in [2.24, 2.45) is 5.92 Å². The van der Waals surface area contributed by atoms with E-state index in [9.17, 15) is 9.59 Å². The maximum absolute atomic E-state index is 15.3. The Morgan fingerprint density at radius 1 is 1.37 bits per heavy atom. The number of benzene rings is 1. The predicted molar refractivity (Wildman–Crippen MR) is 110 cm³/mol. The molecule has 3 N–H and O–H groups in total. The largest absolute Gasteiger partial charge is 0.481 e. The van der Waals surface area contributed by atoms with Crippen molar-refractivity contribution in [1.29, 1.82) is 0 Å². The van der Waals surface area contributed by atoms with Crippen LogP contribution in [0.1, 0.15) is 49.3 Å². The number of hydrogen-bond donors (Lipinski definition) is 3. The Labute approximate surface area is 179 Å².